The maximum Gasteiger partial charge on any atom is 0.237 e. The molecule has 1 heterocycles. The van der Waals surface area contributed by atoms with Gasteiger partial charge in [-0.1, -0.05) is 6.92 Å². The average Bonchev–Trinajstić information content (AvgIpc) is 2.69. The van der Waals surface area contributed by atoms with Gasteiger partial charge in [0.1, 0.15) is 0 Å². The number of amides is 1. The minimum atomic E-state index is 0.0107. The zero-order valence-corrected chi connectivity index (χ0v) is 12.5. The standard InChI is InChI=1S/C14H29N3O/c1-10(2)17(11(3)4)9-8-16-14(18)13-12(5)6-7-15-13/h10-13,15H,6-9H2,1-5H3,(H,16,18). The van der Waals surface area contributed by atoms with Crippen molar-refractivity contribution in [2.24, 2.45) is 5.92 Å². The van der Waals surface area contributed by atoms with Crippen LogP contribution in [0.4, 0.5) is 0 Å². The number of carbonyl (C=O) groups is 1. The largest absolute Gasteiger partial charge is 0.353 e. The summed E-state index contributed by atoms with van der Waals surface area (Å²) in [5.41, 5.74) is 0. The van der Waals surface area contributed by atoms with Gasteiger partial charge in [-0.25, -0.2) is 0 Å². The van der Waals surface area contributed by atoms with Gasteiger partial charge in [0.25, 0.3) is 0 Å². The third-order valence-corrected chi connectivity index (χ3v) is 3.81. The van der Waals surface area contributed by atoms with E-state index in [0.717, 1.165) is 26.1 Å². The van der Waals surface area contributed by atoms with Crippen LogP contribution in [-0.4, -0.2) is 48.6 Å². The zero-order valence-electron chi connectivity index (χ0n) is 12.5. The summed E-state index contributed by atoms with van der Waals surface area (Å²) in [4.78, 5) is 14.4. The molecule has 4 nitrogen and oxygen atoms in total. The highest BCUT2D eigenvalue weighted by Gasteiger charge is 2.28. The van der Waals surface area contributed by atoms with E-state index >= 15 is 0 Å². The Kier molecular flexibility index (Phi) is 6.09. The summed E-state index contributed by atoms with van der Waals surface area (Å²) in [6.07, 6.45) is 1.10. The Morgan fingerprint density at radius 1 is 1.33 bits per heavy atom. The first-order valence-electron chi connectivity index (χ1n) is 7.20. The van der Waals surface area contributed by atoms with Crippen molar-refractivity contribution in [3.8, 4) is 0 Å². The third kappa shape index (κ3) is 4.25. The fourth-order valence-corrected chi connectivity index (χ4v) is 2.72. The van der Waals surface area contributed by atoms with Gasteiger partial charge in [-0.15, -0.1) is 0 Å². The molecule has 0 saturated carbocycles. The van der Waals surface area contributed by atoms with Crippen LogP contribution >= 0.6 is 0 Å². The molecule has 1 fully saturated rings. The van der Waals surface area contributed by atoms with E-state index in [1.807, 2.05) is 0 Å². The Balaban J connectivity index is 2.30. The molecule has 1 aliphatic rings. The van der Waals surface area contributed by atoms with Crippen molar-refractivity contribution in [3.63, 3.8) is 0 Å². The molecule has 0 bridgehead atoms. The summed E-state index contributed by atoms with van der Waals surface area (Å²) in [5, 5.41) is 6.32. The quantitative estimate of drug-likeness (QED) is 0.750. The first kappa shape index (κ1) is 15.4. The molecule has 1 saturated heterocycles. The molecular formula is C14H29N3O. The number of rotatable bonds is 6. The van der Waals surface area contributed by atoms with Crippen LogP contribution in [0.2, 0.25) is 0 Å². The molecule has 1 rings (SSSR count). The van der Waals surface area contributed by atoms with Crippen LogP contribution < -0.4 is 10.6 Å². The molecule has 0 aromatic carbocycles. The maximum atomic E-state index is 12.0. The summed E-state index contributed by atoms with van der Waals surface area (Å²) >= 11 is 0. The fraction of sp³-hybridized carbons (Fsp3) is 0.929. The van der Waals surface area contributed by atoms with Gasteiger partial charge in [-0.05, 0) is 46.6 Å². The lowest BCUT2D eigenvalue weighted by atomic mass is 10.0. The van der Waals surface area contributed by atoms with Crippen LogP contribution in [-0.2, 0) is 4.79 Å². The molecule has 0 aromatic heterocycles. The van der Waals surface area contributed by atoms with Crippen molar-refractivity contribution in [1.29, 1.82) is 0 Å². The molecule has 18 heavy (non-hydrogen) atoms. The molecular weight excluding hydrogens is 226 g/mol. The predicted molar refractivity (Wildman–Crippen MR) is 75.6 cm³/mol. The summed E-state index contributed by atoms with van der Waals surface area (Å²) in [6.45, 7) is 13.5. The summed E-state index contributed by atoms with van der Waals surface area (Å²) < 4.78 is 0. The first-order chi connectivity index (χ1) is 8.43. The van der Waals surface area contributed by atoms with Crippen molar-refractivity contribution < 1.29 is 4.79 Å². The van der Waals surface area contributed by atoms with E-state index in [1.165, 1.54) is 0 Å². The SMILES string of the molecule is CC1CCNC1C(=O)NCCN(C(C)C)C(C)C. The smallest absolute Gasteiger partial charge is 0.237 e. The number of hydrogen-bond acceptors (Lipinski definition) is 3. The van der Waals surface area contributed by atoms with Crippen LogP contribution in [0.5, 0.6) is 0 Å². The van der Waals surface area contributed by atoms with Crippen LogP contribution in [0.25, 0.3) is 0 Å². The summed E-state index contributed by atoms with van der Waals surface area (Å²) in [6, 6.07) is 1.05. The molecule has 2 N–H and O–H groups in total. The van der Waals surface area contributed by atoms with Crippen LogP contribution in [0, 0.1) is 5.92 Å². The van der Waals surface area contributed by atoms with E-state index in [0.29, 0.717) is 18.0 Å². The number of nitrogens with zero attached hydrogens (tertiary/aromatic N) is 1. The first-order valence-corrected chi connectivity index (χ1v) is 7.20. The zero-order chi connectivity index (χ0) is 13.7. The molecule has 2 unspecified atom stereocenters. The second-order valence-corrected chi connectivity index (χ2v) is 5.91. The Labute approximate surface area is 111 Å². The summed E-state index contributed by atoms with van der Waals surface area (Å²) in [5.74, 6) is 0.615. The van der Waals surface area contributed by atoms with Crippen LogP contribution in [0.3, 0.4) is 0 Å². The molecule has 0 aromatic rings. The van der Waals surface area contributed by atoms with Gasteiger partial charge >= 0.3 is 0 Å². The Morgan fingerprint density at radius 2 is 1.94 bits per heavy atom. The van der Waals surface area contributed by atoms with Crippen molar-refractivity contribution in [2.75, 3.05) is 19.6 Å². The molecule has 1 amide bonds. The van der Waals surface area contributed by atoms with Gasteiger partial charge in [0.05, 0.1) is 6.04 Å². The normalized spacial score (nSPS) is 24.2. The van der Waals surface area contributed by atoms with E-state index in [9.17, 15) is 4.79 Å². The highest BCUT2D eigenvalue weighted by molar-refractivity contribution is 5.82. The Morgan fingerprint density at radius 3 is 2.39 bits per heavy atom. The molecule has 2 atom stereocenters. The van der Waals surface area contributed by atoms with Gasteiger partial charge in [0, 0.05) is 25.2 Å². The van der Waals surface area contributed by atoms with E-state index in [-0.39, 0.29) is 11.9 Å². The number of carbonyl (C=O) groups excluding carboxylic acids is 1. The monoisotopic (exact) mass is 255 g/mol. The molecule has 106 valence electrons. The lowest BCUT2D eigenvalue weighted by molar-refractivity contribution is -0.123. The number of nitrogens with one attached hydrogen (secondary N) is 2. The summed E-state index contributed by atoms with van der Waals surface area (Å²) in [7, 11) is 0. The second kappa shape index (κ2) is 7.10. The second-order valence-electron chi connectivity index (χ2n) is 5.91. The van der Waals surface area contributed by atoms with Gasteiger partial charge in [0.2, 0.25) is 5.91 Å². The Hall–Kier alpha value is -0.610. The lowest BCUT2D eigenvalue weighted by Gasteiger charge is -2.30. The predicted octanol–water partition coefficient (Wildman–Crippen LogP) is 1.22. The lowest BCUT2D eigenvalue weighted by Crippen LogP contribution is -2.47. The number of hydrogen-bond donors (Lipinski definition) is 2. The van der Waals surface area contributed by atoms with E-state index in [1.54, 1.807) is 0 Å². The minimum Gasteiger partial charge on any atom is -0.353 e. The highest BCUT2D eigenvalue weighted by Crippen LogP contribution is 2.14. The molecule has 4 heteroatoms. The average molecular weight is 255 g/mol. The Bertz CT molecular complexity index is 258. The highest BCUT2D eigenvalue weighted by atomic mass is 16.2. The van der Waals surface area contributed by atoms with Gasteiger partial charge in [-0.3, -0.25) is 9.69 Å². The minimum absolute atomic E-state index is 0.0107. The molecule has 0 spiro atoms. The van der Waals surface area contributed by atoms with Gasteiger partial charge in [0.15, 0.2) is 0 Å². The fourth-order valence-electron chi connectivity index (χ4n) is 2.72. The van der Waals surface area contributed by atoms with Crippen molar-refractivity contribution in [3.05, 3.63) is 0 Å². The maximum absolute atomic E-state index is 12.0. The van der Waals surface area contributed by atoms with E-state index < -0.39 is 0 Å². The van der Waals surface area contributed by atoms with Crippen molar-refractivity contribution in [1.82, 2.24) is 15.5 Å². The van der Waals surface area contributed by atoms with Crippen LogP contribution in [0.15, 0.2) is 0 Å². The van der Waals surface area contributed by atoms with Crippen molar-refractivity contribution >= 4 is 5.91 Å². The molecule has 0 aliphatic carbocycles. The van der Waals surface area contributed by atoms with Crippen molar-refractivity contribution in [2.45, 2.75) is 59.2 Å². The van der Waals surface area contributed by atoms with Gasteiger partial charge in [-0.2, -0.15) is 0 Å². The topological polar surface area (TPSA) is 44.4 Å². The molecule has 0 radical (unpaired) electrons. The third-order valence-electron chi connectivity index (χ3n) is 3.81. The van der Waals surface area contributed by atoms with Gasteiger partial charge < -0.3 is 10.6 Å². The van der Waals surface area contributed by atoms with E-state index in [4.69, 9.17) is 0 Å². The van der Waals surface area contributed by atoms with E-state index in [2.05, 4.69) is 50.2 Å². The van der Waals surface area contributed by atoms with Crippen LogP contribution in [0.1, 0.15) is 41.0 Å². The molecule has 1 aliphatic heterocycles.